The van der Waals surface area contributed by atoms with Crippen molar-refractivity contribution in [2.75, 3.05) is 19.1 Å². The van der Waals surface area contributed by atoms with E-state index in [-0.39, 0.29) is 0 Å². The first-order chi connectivity index (χ1) is 8.24. The Balaban J connectivity index is 2.54. The number of oxime groups is 1. The lowest BCUT2D eigenvalue weighted by atomic mass is 10.4. The second kappa shape index (κ2) is 4.91. The molecule has 2 aromatic rings. The quantitative estimate of drug-likeness (QED) is 0.370. The zero-order valence-electron chi connectivity index (χ0n) is 9.28. The number of nitrogen functional groups attached to an aromatic ring is 1. The summed E-state index contributed by atoms with van der Waals surface area (Å²) in [7, 11) is 1.45. The van der Waals surface area contributed by atoms with Crippen molar-refractivity contribution in [2.45, 2.75) is 5.16 Å². The fourth-order valence-corrected chi connectivity index (χ4v) is 1.55. The molecule has 0 aromatic carbocycles. The zero-order chi connectivity index (χ0) is 12.3. The molecule has 2 aromatic heterocycles. The summed E-state index contributed by atoms with van der Waals surface area (Å²) < 4.78 is 0. The Morgan fingerprint density at radius 1 is 1.41 bits per heavy atom. The van der Waals surface area contributed by atoms with Crippen LogP contribution in [0.5, 0.6) is 0 Å². The average molecular weight is 250 g/mol. The topological polar surface area (TPSA) is 99.2 Å². The van der Waals surface area contributed by atoms with E-state index in [1.54, 1.807) is 6.20 Å². The van der Waals surface area contributed by atoms with Gasteiger partial charge in [0.2, 0.25) is 0 Å². The van der Waals surface area contributed by atoms with Crippen molar-refractivity contribution in [3.8, 4) is 0 Å². The van der Waals surface area contributed by atoms with Crippen molar-refractivity contribution in [3.05, 3.63) is 11.9 Å². The van der Waals surface area contributed by atoms with E-state index in [0.29, 0.717) is 27.8 Å². The largest absolute Gasteiger partial charge is 0.399 e. The van der Waals surface area contributed by atoms with Gasteiger partial charge in [0.05, 0.1) is 12.4 Å². The van der Waals surface area contributed by atoms with Gasteiger partial charge < -0.3 is 10.6 Å². The van der Waals surface area contributed by atoms with Gasteiger partial charge in [0.25, 0.3) is 0 Å². The minimum Gasteiger partial charge on any atom is -0.399 e. The van der Waals surface area contributed by atoms with Gasteiger partial charge in [-0.25, -0.2) is 19.9 Å². The van der Waals surface area contributed by atoms with E-state index in [1.165, 1.54) is 25.1 Å². The summed E-state index contributed by atoms with van der Waals surface area (Å²) in [5.74, 6) is 0.305. The Kier molecular flexibility index (Phi) is 3.33. The van der Waals surface area contributed by atoms with Gasteiger partial charge in [-0.3, -0.25) is 0 Å². The molecule has 0 fully saturated rings. The Labute approximate surface area is 102 Å². The van der Waals surface area contributed by atoms with Gasteiger partial charge in [-0.15, -0.1) is 0 Å². The van der Waals surface area contributed by atoms with Gasteiger partial charge in [-0.1, -0.05) is 16.9 Å². The minimum absolute atomic E-state index is 0.305. The van der Waals surface area contributed by atoms with E-state index >= 15 is 0 Å². The maximum Gasteiger partial charge on any atom is 0.191 e. The lowest BCUT2D eigenvalue weighted by Crippen LogP contribution is -2.02. The predicted molar refractivity (Wildman–Crippen MR) is 65.9 cm³/mol. The first-order valence-electron chi connectivity index (χ1n) is 4.65. The molecule has 17 heavy (non-hydrogen) atoms. The second-order valence-corrected chi connectivity index (χ2v) is 3.75. The smallest absolute Gasteiger partial charge is 0.191 e. The van der Waals surface area contributed by atoms with E-state index in [0.717, 1.165) is 0 Å². The third-order valence-corrected chi connectivity index (χ3v) is 2.45. The highest BCUT2D eigenvalue weighted by Gasteiger charge is 2.07. The fourth-order valence-electron chi connectivity index (χ4n) is 1.18. The first kappa shape index (κ1) is 11.5. The Hall–Kier alpha value is -1.96. The van der Waals surface area contributed by atoms with Crippen molar-refractivity contribution in [2.24, 2.45) is 5.16 Å². The van der Waals surface area contributed by atoms with Crippen LogP contribution in [0.3, 0.4) is 0 Å². The molecule has 2 N–H and O–H groups in total. The highest BCUT2D eigenvalue weighted by molar-refractivity contribution is 7.98. The van der Waals surface area contributed by atoms with Gasteiger partial charge >= 0.3 is 0 Å². The number of hydrogen-bond donors (Lipinski definition) is 1. The lowest BCUT2D eigenvalue weighted by molar-refractivity contribution is 0.215. The molecule has 0 aliphatic rings. The van der Waals surface area contributed by atoms with Crippen LogP contribution in [0.2, 0.25) is 0 Å². The molecule has 0 amide bonds. The van der Waals surface area contributed by atoms with Crippen molar-refractivity contribution in [3.63, 3.8) is 0 Å². The average Bonchev–Trinajstić information content (AvgIpc) is 2.36. The van der Waals surface area contributed by atoms with Crippen LogP contribution in [0, 0.1) is 0 Å². The summed E-state index contributed by atoms with van der Waals surface area (Å²) in [5, 5.41) is 4.17. The summed E-state index contributed by atoms with van der Waals surface area (Å²) in [6, 6.07) is 0. The van der Waals surface area contributed by atoms with Gasteiger partial charge in [0, 0.05) is 0 Å². The highest BCUT2D eigenvalue weighted by atomic mass is 32.2. The second-order valence-electron chi connectivity index (χ2n) is 2.98. The van der Waals surface area contributed by atoms with Crippen LogP contribution in [0.4, 0.5) is 5.82 Å². The highest BCUT2D eigenvalue weighted by Crippen LogP contribution is 2.17. The van der Waals surface area contributed by atoms with Crippen LogP contribution in [0.25, 0.3) is 11.2 Å². The number of anilines is 1. The van der Waals surface area contributed by atoms with E-state index in [4.69, 9.17) is 5.73 Å². The standard InChI is InChI=1S/C9H10N6OS/c1-16-12-4-5-3-11-8-6(13-5)7(10)14-9(15-8)17-2/h3-4H,1-2H3,(H2,10,11,14,15)/b12-4+. The number of aromatic nitrogens is 4. The van der Waals surface area contributed by atoms with E-state index < -0.39 is 0 Å². The molecule has 0 aliphatic heterocycles. The van der Waals surface area contributed by atoms with Gasteiger partial charge in [-0.05, 0) is 6.26 Å². The van der Waals surface area contributed by atoms with E-state index in [2.05, 4.69) is 29.9 Å². The first-order valence-corrected chi connectivity index (χ1v) is 5.88. The van der Waals surface area contributed by atoms with E-state index in [9.17, 15) is 0 Å². The molecule has 0 saturated carbocycles. The summed E-state index contributed by atoms with van der Waals surface area (Å²) in [4.78, 5) is 21.2. The van der Waals surface area contributed by atoms with E-state index in [1.807, 2.05) is 6.26 Å². The predicted octanol–water partition coefficient (Wildman–Crippen LogP) is 0.704. The molecule has 0 unspecified atom stereocenters. The number of nitrogens with two attached hydrogens (primary N) is 1. The number of fused-ring (bicyclic) bond motifs is 1. The molecule has 2 rings (SSSR count). The van der Waals surface area contributed by atoms with Crippen LogP contribution in [0.1, 0.15) is 5.69 Å². The summed E-state index contributed by atoms with van der Waals surface area (Å²) in [5.41, 5.74) is 7.25. The molecule has 0 bridgehead atoms. The third kappa shape index (κ3) is 2.41. The van der Waals surface area contributed by atoms with Crippen LogP contribution in [0.15, 0.2) is 16.5 Å². The monoisotopic (exact) mass is 250 g/mol. The van der Waals surface area contributed by atoms with Gasteiger partial charge in [0.15, 0.2) is 22.1 Å². The molecule has 8 heteroatoms. The molecule has 0 aliphatic carbocycles. The Morgan fingerprint density at radius 2 is 2.24 bits per heavy atom. The van der Waals surface area contributed by atoms with Crippen LogP contribution >= 0.6 is 11.8 Å². The molecule has 7 nitrogen and oxygen atoms in total. The van der Waals surface area contributed by atoms with Crippen molar-refractivity contribution < 1.29 is 4.84 Å². The number of thioether (sulfide) groups is 1. The molecule has 0 radical (unpaired) electrons. The Bertz CT molecular complexity index is 573. The Morgan fingerprint density at radius 3 is 2.94 bits per heavy atom. The number of rotatable bonds is 3. The third-order valence-electron chi connectivity index (χ3n) is 1.91. The van der Waals surface area contributed by atoms with Crippen LogP contribution < -0.4 is 5.73 Å². The number of nitrogens with zero attached hydrogens (tertiary/aromatic N) is 5. The summed E-state index contributed by atoms with van der Waals surface area (Å²) in [6.07, 6.45) is 4.85. The maximum absolute atomic E-state index is 5.79. The molecule has 88 valence electrons. The molecule has 0 saturated heterocycles. The van der Waals surface area contributed by atoms with Crippen LogP contribution in [-0.4, -0.2) is 39.5 Å². The summed E-state index contributed by atoms with van der Waals surface area (Å²) >= 11 is 1.40. The zero-order valence-corrected chi connectivity index (χ0v) is 10.1. The maximum atomic E-state index is 5.79. The SMILES string of the molecule is CO/N=C/c1cnc2nc(SC)nc(N)c2n1. The van der Waals surface area contributed by atoms with Crippen molar-refractivity contribution >= 4 is 35.0 Å². The molecule has 0 spiro atoms. The van der Waals surface area contributed by atoms with Gasteiger partial charge in [0.1, 0.15) is 12.8 Å². The lowest BCUT2D eigenvalue weighted by Gasteiger charge is -2.02. The van der Waals surface area contributed by atoms with Crippen molar-refractivity contribution in [1.82, 2.24) is 19.9 Å². The van der Waals surface area contributed by atoms with Crippen molar-refractivity contribution in [1.29, 1.82) is 0 Å². The molecule has 0 atom stereocenters. The summed E-state index contributed by atoms with van der Waals surface area (Å²) in [6.45, 7) is 0. The number of hydrogen-bond acceptors (Lipinski definition) is 8. The fraction of sp³-hybridized carbons (Fsp3) is 0.222. The normalized spacial score (nSPS) is 11.2. The molecular formula is C9H10N6OS. The molecular weight excluding hydrogens is 240 g/mol. The molecule has 2 heterocycles. The minimum atomic E-state index is 0.305. The van der Waals surface area contributed by atoms with Gasteiger partial charge in [-0.2, -0.15) is 0 Å². The van der Waals surface area contributed by atoms with Crippen LogP contribution in [-0.2, 0) is 4.84 Å².